The fraction of sp³-hybridized carbons (Fsp3) is 0.625. The first kappa shape index (κ1) is 9.96. The summed E-state index contributed by atoms with van der Waals surface area (Å²) in [6.07, 6.45) is 3.75. The van der Waals surface area contributed by atoms with E-state index in [4.69, 9.17) is 17.3 Å². The first-order chi connectivity index (χ1) is 5.47. The molecule has 0 spiro atoms. The molecule has 1 aromatic rings. The zero-order valence-corrected chi connectivity index (χ0v) is 8.87. The molecule has 0 aliphatic heterocycles. The van der Waals surface area contributed by atoms with Crippen molar-refractivity contribution < 1.29 is 0 Å². The Bertz CT molecular complexity index is 252. The standard InChI is InChI=1S/C8H13ClN2S/c1-8(2,10)4-3-6-5-11-7(9)12-6/h5H,3-4,10H2,1-2H3. The Morgan fingerprint density at radius 2 is 2.33 bits per heavy atom. The summed E-state index contributed by atoms with van der Waals surface area (Å²) < 4.78 is 0.611. The molecule has 2 N–H and O–H groups in total. The van der Waals surface area contributed by atoms with E-state index in [1.165, 1.54) is 16.2 Å². The van der Waals surface area contributed by atoms with Gasteiger partial charge in [-0.25, -0.2) is 4.98 Å². The van der Waals surface area contributed by atoms with Crippen molar-refractivity contribution in [3.63, 3.8) is 0 Å². The summed E-state index contributed by atoms with van der Waals surface area (Å²) in [5.74, 6) is 0. The highest BCUT2D eigenvalue weighted by Gasteiger charge is 2.11. The van der Waals surface area contributed by atoms with Crippen LogP contribution in [-0.2, 0) is 6.42 Å². The number of nitrogens with two attached hydrogens (primary N) is 1. The van der Waals surface area contributed by atoms with Gasteiger partial charge in [-0.1, -0.05) is 11.6 Å². The lowest BCUT2D eigenvalue weighted by Gasteiger charge is -2.16. The molecule has 0 saturated carbocycles. The van der Waals surface area contributed by atoms with E-state index < -0.39 is 0 Å². The molecule has 0 radical (unpaired) electrons. The predicted molar refractivity (Wildman–Crippen MR) is 53.7 cm³/mol. The van der Waals surface area contributed by atoms with Crippen molar-refractivity contribution in [2.75, 3.05) is 0 Å². The molecule has 0 saturated heterocycles. The van der Waals surface area contributed by atoms with Gasteiger partial charge in [0.25, 0.3) is 0 Å². The smallest absolute Gasteiger partial charge is 0.183 e. The molecule has 0 unspecified atom stereocenters. The second kappa shape index (κ2) is 3.73. The van der Waals surface area contributed by atoms with Gasteiger partial charge in [0.05, 0.1) is 0 Å². The van der Waals surface area contributed by atoms with Gasteiger partial charge in [0.1, 0.15) is 0 Å². The second-order valence-electron chi connectivity index (χ2n) is 3.57. The number of hydrogen-bond acceptors (Lipinski definition) is 3. The first-order valence-electron chi connectivity index (χ1n) is 3.86. The maximum Gasteiger partial charge on any atom is 0.183 e. The van der Waals surface area contributed by atoms with E-state index in [9.17, 15) is 0 Å². The molecular weight excluding hydrogens is 192 g/mol. The van der Waals surface area contributed by atoms with Gasteiger partial charge < -0.3 is 5.73 Å². The topological polar surface area (TPSA) is 38.9 Å². The normalized spacial score (nSPS) is 12.0. The molecule has 0 amide bonds. The molecular formula is C8H13ClN2S. The van der Waals surface area contributed by atoms with E-state index >= 15 is 0 Å². The minimum absolute atomic E-state index is 0.101. The average Bonchev–Trinajstić information content (AvgIpc) is 2.30. The number of halogens is 1. The van der Waals surface area contributed by atoms with Crippen LogP contribution in [0.3, 0.4) is 0 Å². The van der Waals surface area contributed by atoms with Gasteiger partial charge in [-0.2, -0.15) is 0 Å². The van der Waals surface area contributed by atoms with E-state index in [2.05, 4.69) is 4.98 Å². The Labute approximate surface area is 81.8 Å². The Balaban J connectivity index is 2.44. The monoisotopic (exact) mass is 204 g/mol. The SMILES string of the molecule is CC(C)(N)CCc1cnc(Cl)s1. The average molecular weight is 205 g/mol. The quantitative estimate of drug-likeness (QED) is 0.822. The Morgan fingerprint density at radius 3 is 2.75 bits per heavy atom. The Morgan fingerprint density at radius 1 is 1.67 bits per heavy atom. The molecule has 0 atom stereocenters. The molecule has 0 aliphatic rings. The highest BCUT2D eigenvalue weighted by molar-refractivity contribution is 7.15. The predicted octanol–water partition coefficient (Wildman–Crippen LogP) is 2.47. The summed E-state index contributed by atoms with van der Waals surface area (Å²) in [6.45, 7) is 4.05. The Hall–Kier alpha value is -0.120. The molecule has 4 heteroatoms. The Kier molecular flexibility index (Phi) is 3.09. The third kappa shape index (κ3) is 3.52. The second-order valence-corrected chi connectivity index (χ2v) is 5.27. The summed E-state index contributed by atoms with van der Waals surface area (Å²) in [7, 11) is 0. The van der Waals surface area contributed by atoms with E-state index in [0.29, 0.717) is 4.47 Å². The minimum atomic E-state index is -0.101. The number of hydrogen-bond donors (Lipinski definition) is 1. The van der Waals surface area contributed by atoms with Crippen molar-refractivity contribution in [2.45, 2.75) is 32.2 Å². The van der Waals surface area contributed by atoms with E-state index in [-0.39, 0.29) is 5.54 Å². The minimum Gasteiger partial charge on any atom is -0.326 e. The van der Waals surface area contributed by atoms with Gasteiger partial charge in [0.15, 0.2) is 4.47 Å². The van der Waals surface area contributed by atoms with E-state index in [1.54, 1.807) is 0 Å². The van der Waals surface area contributed by atoms with Crippen LogP contribution in [0, 0.1) is 0 Å². The highest BCUT2D eigenvalue weighted by atomic mass is 35.5. The third-order valence-corrected chi connectivity index (χ3v) is 2.72. The van der Waals surface area contributed by atoms with Gasteiger partial charge in [-0.15, -0.1) is 11.3 Å². The fourth-order valence-corrected chi connectivity index (χ4v) is 1.82. The highest BCUT2D eigenvalue weighted by Crippen LogP contribution is 2.20. The zero-order chi connectivity index (χ0) is 9.19. The molecule has 0 aliphatic carbocycles. The number of nitrogens with zero attached hydrogens (tertiary/aromatic N) is 1. The number of rotatable bonds is 3. The lowest BCUT2D eigenvalue weighted by Crippen LogP contribution is -2.32. The van der Waals surface area contributed by atoms with Crippen molar-refractivity contribution in [2.24, 2.45) is 5.73 Å². The van der Waals surface area contributed by atoms with Crippen LogP contribution in [0.2, 0.25) is 4.47 Å². The van der Waals surface area contributed by atoms with Crippen molar-refractivity contribution in [1.82, 2.24) is 4.98 Å². The number of aryl methyl sites for hydroxylation is 1. The molecule has 0 bridgehead atoms. The molecule has 0 fully saturated rings. The van der Waals surface area contributed by atoms with Crippen LogP contribution in [0.25, 0.3) is 0 Å². The maximum absolute atomic E-state index is 5.84. The fourth-order valence-electron chi connectivity index (χ4n) is 0.845. The van der Waals surface area contributed by atoms with Gasteiger partial charge in [0, 0.05) is 16.6 Å². The van der Waals surface area contributed by atoms with Crippen LogP contribution in [0.5, 0.6) is 0 Å². The zero-order valence-electron chi connectivity index (χ0n) is 7.30. The van der Waals surface area contributed by atoms with Crippen LogP contribution < -0.4 is 5.73 Å². The maximum atomic E-state index is 5.84. The summed E-state index contributed by atoms with van der Waals surface area (Å²) >= 11 is 7.21. The molecule has 1 heterocycles. The number of thiazole rings is 1. The largest absolute Gasteiger partial charge is 0.326 e. The summed E-state index contributed by atoms with van der Waals surface area (Å²) in [4.78, 5) is 5.17. The van der Waals surface area contributed by atoms with Crippen molar-refractivity contribution in [3.05, 3.63) is 15.5 Å². The van der Waals surface area contributed by atoms with E-state index in [1.807, 2.05) is 20.0 Å². The van der Waals surface area contributed by atoms with Gasteiger partial charge in [-0.3, -0.25) is 0 Å². The van der Waals surface area contributed by atoms with E-state index in [0.717, 1.165) is 12.8 Å². The van der Waals surface area contributed by atoms with Crippen molar-refractivity contribution in [1.29, 1.82) is 0 Å². The lowest BCUT2D eigenvalue weighted by atomic mass is 10.00. The van der Waals surface area contributed by atoms with Crippen molar-refractivity contribution in [3.8, 4) is 0 Å². The lowest BCUT2D eigenvalue weighted by molar-refractivity contribution is 0.478. The van der Waals surface area contributed by atoms with Gasteiger partial charge in [-0.05, 0) is 26.7 Å². The number of aromatic nitrogens is 1. The van der Waals surface area contributed by atoms with Crippen LogP contribution in [0.1, 0.15) is 25.1 Å². The van der Waals surface area contributed by atoms with Gasteiger partial charge in [0.2, 0.25) is 0 Å². The molecule has 1 aromatic heterocycles. The molecule has 1 rings (SSSR count). The van der Waals surface area contributed by atoms with Crippen LogP contribution in [0.15, 0.2) is 6.20 Å². The van der Waals surface area contributed by atoms with Crippen LogP contribution >= 0.6 is 22.9 Å². The first-order valence-corrected chi connectivity index (χ1v) is 5.06. The van der Waals surface area contributed by atoms with Crippen molar-refractivity contribution >= 4 is 22.9 Å². The van der Waals surface area contributed by atoms with Crippen LogP contribution in [-0.4, -0.2) is 10.5 Å². The summed E-state index contributed by atoms with van der Waals surface area (Å²) in [5.41, 5.74) is 5.74. The molecule has 68 valence electrons. The summed E-state index contributed by atoms with van der Waals surface area (Å²) in [6, 6.07) is 0. The van der Waals surface area contributed by atoms with Gasteiger partial charge >= 0.3 is 0 Å². The van der Waals surface area contributed by atoms with Crippen LogP contribution in [0.4, 0.5) is 0 Å². The molecule has 0 aromatic carbocycles. The molecule has 12 heavy (non-hydrogen) atoms. The molecule has 2 nitrogen and oxygen atoms in total. The third-order valence-electron chi connectivity index (χ3n) is 1.54. The summed E-state index contributed by atoms with van der Waals surface area (Å²) in [5, 5.41) is 0.